The Morgan fingerprint density at radius 3 is 2.79 bits per heavy atom. The highest BCUT2D eigenvalue weighted by Crippen LogP contribution is 2.30. The summed E-state index contributed by atoms with van der Waals surface area (Å²) in [5, 5.41) is 9.42. The van der Waals surface area contributed by atoms with Gasteiger partial charge in [0.1, 0.15) is 22.8 Å². The van der Waals surface area contributed by atoms with Gasteiger partial charge in [-0.2, -0.15) is 5.26 Å². The molecule has 1 aliphatic heterocycles. The smallest absolute Gasteiger partial charge is 0.410 e. The minimum absolute atomic E-state index is 0.0962. The molecule has 0 radical (unpaired) electrons. The first-order valence-corrected chi connectivity index (χ1v) is 9.58. The maximum atomic E-state index is 14.4. The Morgan fingerprint density at radius 2 is 2.14 bits per heavy atom. The van der Waals surface area contributed by atoms with Crippen LogP contribution in [-0.4, -0.2) is 57.2 Å². The van der Waals surface area contributed by atoms with E-state index in [0.29, 0.717) is 36.7 Å². The highest BCUT2D eigenvalue weighted by Gasteiger charge is 2.34. The van der Waals surface area contributed by atoms with E-state index >= 15 is 0 Å². The van der Waals surface area contributed by atoms with Gasteiger partial charge in [0.15, 0.2) is 11.0 Å². The second-order valence-electron chi connectivity index (χ2n) is 7.86. The van der Waals surface area contributed by atoms with Crippen LogP contribution in [0.15, 0.2) is 6.20 Å². The topological polar surface area (TPSA) is 95.2 Å². The number of amides is 1. The van der Waals surface area contributed by atoms with Crippen molar-refractivity contribution in [1.29, 1.82) is 5.26 Å². The van der Waals surface area contributed by atoms with Crippen molar-refractivity contribution in [3.8, 4) is 6.07 Å². The van der Waals surface area contributed by atoms with Gasteiger partial charge in [0.2, 0.25) is 0 Å². The zero-order valence-corrected chi connectivity index (χ0v) is 17.5. The van der Waals surface area contributed by atoms with Crippen molar-refractivity contribution >= 4 is 34.4 Å². The Bertz CT molecular complexity index is 987. The lowest BCUT2D eigenvalue weighted by Gasteiger charge is -2.41. The molecule has 2 aromatic rings. The quantitative estimate of drug-likeness (QED) is 0.686. The number of rotatable bonds is 2. The number of hydrogen-bond donors (Lipinski definition) is 0. The third-order valence-corrected chi connectivity index (χ3v) is 4.73. The Balaban J connectivity index is 1.93. The van der Waals surface area contributed by atoms with Crippen molar-refractivity contribution in [1.82, 2.24) is 19.9 Å². The number of nitrogens with zero attached hydrogens (tertiary/aromatic N) is 6. The molecule has 1 saturated heterocycles. The average molecular weight is 421 g/mol. The fraction of sp³-hybridized carbons (Fsp3) is 0.526. The van der Waals surface area contributed by atoms with Crippen LogP contribution in [-0.2, 0) is 4.74 Å². The number of fused-ring (bicyclic) bond motifs is 1. The Labute approximate surface area is 173 Å². The predicted octanol–water partition coefficient (Wildman–Crippen LogP) is 3.47. The normalized spacial score (nSPS) is 17.3. The number of aromatic nitrogens is 3. The molecule has 0 bridgehead atoms. The largest absolute Gasteiger partial charge is 0.444 e. The monoisotopic (exact) mass is 420 g/mol. The van der Waals surface area contributed by atoms with Gasteiger partial charge < -0.3 is 14.5 Å². The summed E-state index contributed by atoms with van der Waals surface area (Å²) in [4.78, 5) is 28.5. The highest BCUT2D eigenvalue weighted by molar-refractivity contribution is 6.30. The van der Waals surface area contributed by atoms with E-state index in [-0.39, 0.29) is 23.1 Å². The number of carbonyl (C=O) groups is 1. The summed E-state index contributed by atoms with van der Waals surface area (Å²) in [5.41, 5.74) is -0.535. The third kappa shape index (κ3) is 4.48. The zero-order chi connectivity index (χ0) is 21.3. The molecule has 1 amide bonds. The second kappa shape index (κ2) is 7.95. The number of hydrogen-bond acceptors (Lipinski definition) is 7. The van der Waals surface area contributed by atoms with Gasteiger partial charge in [-0.25, -0.2) is 24.1 Å². The van der Waals surface area contributed by atoms with Gasteiger partial charge in [-0.1, -0.05) is 11.6 Å². The van der Waals surface area contributed by atoms with Crippen LogP contribution in [0.25, 0.3) is 10.9 Å². The van der Waals surface area contributed by atoms with E-state index in [0.717, 1.165) is 0 Å². The van der Waals surface area contributed by atoms with Gasteiger partial charge in [-0.05, 0) is 27.7 Å². The van der Waals surface area contributed by atoms with Crippen LogP contribution in [0, 0.1) is 24.1 Å². The lowest BCUT2D eigenvalue weighted by molar-refractivity contribution is 0.0145. The van der Waals surface area contributed by atoms with Crippen molar-refractivity contribution in [3.05, 3.63) is 23.0 Å². The molecule has 0 aromatic carbocycles. The van der Waals surface area contributed by atoms with E-state index in [4.69, 9.17) is 16.3 Å². The number of halogens is 2. The lowest BCUT2D eigenvalue weighted by Crippen LogP contribution is -2.56. The minimum Gasteiger partial charge on any atom is -0.444 e. The highest BCUT2D eigenvalue weighted by atomic mass is 35.5. The van der Waals surface area contributed by atoms with Crippen LogP contribution in [0.4, 0.5) is 15.0 Å². The summed E-state index contributed by atoms with van der Waals surface area (Å²) in [6.45, 7) is 8.18. The van der Waals surface area contributed by atoms with E-state index in [9.17, 15) is 14.4 Å². The molecule has 0 saturated carbocycles. The van der Waals surface area contributed by atoms with Gasteiger partial charge in [0.25, 0.3) is 0 Å². The SMILES string of the molecule is Cc1nc(N2CCN(C(=O)OC(C)(C)C)[C@@H](CC#N)C2)c2cnc(Cl)c(F)c2n1. The van der Waals surface area contributed by atoms with Gasteiger partial charge in [0.05, 0.1) is 23.9 Å². The van der Waals surface area contributed by atoms with Crippen LogP contribution in [0.1, 0.15) is 33.0 Å². The summed E-state index contributed by atoms with van der Waals surface area (Å²) < 4.78 is 19.9. The van der Waals surface area contributed by atoms with Crippen LogP contribution in [0.2, 0.25) is 5.15 Å². The fourth-order valence-corrected chi connectivity index (χ4v) is 3.40. The van der Waals surface area contributed by atoms with Gasteiger partial charge >= 0.3 is 6.09 Å². The fourth-order valence-electron chi connectivity index (χ4n) is 3.26. The summed E-state index contributed by atoms with van der Waals surface area (Å²) in [6, 6.07) is 1.73. The first-order chi connectivity index (χ1) is 13.6. The van der Waals surface area contributed by atoms with E-state index in [1.54, 1.807) is 32.6 Å². The summed E-state index contributed by atoms with van der Waals surface area (Å²) >= 11 is 5.79. The molecule has 10 heteroatoms. The van der Waals surface area contributed by atoms with E-state index in [1.807, 2.05) is 4.90 Å². The van der Waals surface area contributed by atoms with E-state index in [2.05, 4.69) is 21.0 Å². The number of aryl methyl sites for hydroxylation is 1. The number of ether oxygens (including phenoxy) is 1. The number of anilines is 1. The van der Waals surface area contributed by atoms with Crippen molar-refractivity contribution in [3.63, 3.8) is 0 Å². The van der Waals surface area contributed by atoms with Gasteiger partial charge in [0, 0.05) is 25.8 Å². The van der Waals surface area contributed by atoms with E-state index in [1.165, 1.54) is 6.20 Å². The predicted molar refractivity (Wildman–Crippen MR) is 106 cm³/mol. The van der Waals surface area contributed by atoms with Crippen molar-refractivity contribution in [2.45, 2.75) is 45.8 Å². The minimum atomic E-state index is -0.697. The molecule has 1 atom stereocenters. The molecule has 3 rings (SSSR count). The van der Waals surface area contributed by atoms with Crippen LogP contribution in [0.5, 0.6) is 0 Å². The van der Waals surface area contributed by atoms with Crippen LogP contribution >= 0.6 is 11.6 Å². The Kier molecular flexibility index (Phi) is 5.75. The molecular formula is C19H22ClFN6O2. The molecule has 154 valence electrons. The van der Waals surface area contributed by atoms with Crippen LogP contribution < -0.4 is 4.90 Å². The first kappa shape index (κ1) is 21.0. The third-order valence-electron chi connectivity index (χ3n) is 4.47. The lowest BCUT2D eigenvalue weighted by atomic mass is 10.1. The molecule has 2 aromatic heterocycles. The molecule has 3 heterocycles. The molecule has 8 nitrogen and oxygen atoms in total. The van der Waals surface area contributed by atoms with Crippen molar-refractivity contribution in [2.75, 3.05) is 24.5 Å². The first-order valence-electron chi connectivity index (χ1n) is 9.20. The summed E-state index contributed by atoms with van der Waals surface area (Å²) in [6.07, 6.45) is 1.12. The number of piperazine rings is 1. The molecule has 0 spiro atoms. The summed E-state index contributed by atoms with van der Waals surface area (Å²) in [7, 11) is 0. The number of carbonyl (C=O) groups excluding carboxylic acids is 1. The van der Waals surface area contributed by atoms with Crippen molar-refractivity contribution < 1.29 is 13.9 Å². The molecule has 0 N–H and O–H groups in total. The standard InChI is InChI=1S/C19H22ClFN6O2/c1-11-24-15-13(9-23-16(20)14(15)21)17(25-11)26-7-8-27(12(10-26)5-6-22)18(28)29-19(2,3)4/h9,12H,5,7-8,10H2,1-4H3/t12-/m0/s1. The maximum Gasteiger partial charge on any atom is 0.410 e. The zero-order valence-electron chi connectivity index (χ0n) is 16.7. The molecule has 0 aliphatic carbocycles. The number of pyridine rings is 1. The molecular weight excluding hydrogens is 399 g/mol. The van der Waals surface area contributed by atoms with Crippen LogP contribution in [0.3, 0.4) is 0 Å². The average Bonchev–Trinajstić information content (AvgIpc) is 2.63. The molecule has 1 fully saturated rings. The number of nitriles is 1. The van der Waals surface area contributed by atoms with E-state index < -0.39 is 17.5 Å². The molecule has 0 unspecified atom stereocenters. The Hall–Kier alpha value is -2.73. The van der Waals surface area contributed by atoms with Crippen molar-refractivity contribution in [2.24, 2.45) is 0 Å². The summed E-state index contributed by atoms with van der Waals surface area (Å²) in [5.74, 6) is 0.194. The second-order valence-corrected chi connectivity index (χ2v) is 8.21. The van der Waals surface area contributed by atoms with Gasteiger partial charge in [-0.15, -0.1) is 0 Å². The molecule has 29 heavy (non-hydrogen) atoms. The Morgan fingerprint density at radius 1 is 1.41 bits per heavy atom. The van der Waals surface area contributed by atoms with Gasteiger partial charge in [-0.3, -0.25) is 0 Å². The molecule has 1 aliphatic rings. The maximum absolute atomic E-state index is 14.4.